The second kappa shape index (κ2) is 10.2. The monoisotopic (exact) mass is 444 g/mol. The lowest BCUT2D eigenvalue weighted by atomic mass is 10.0. The van der Waals surface area contributed by atoms with Gasteiger partial charge in [-0.05, 0) is 36.6 Å². The molecule has 0 aliphatic rings. The van der Waals surface area contributed by atoms with E-state index in [0.717, 1.165) is 5.56 Å². The summed E-state index contributed by atoms with van der Waals surface area (Å²) in [4.78, 5) is 12.1. The SMILES string of the molecule is N[C@@H](Cc1ccccc1)[C@@H](O)C(=O)NCCCS(=O)(=O)c1ccc(Cl)c(Cl)c1. The molecule has 0 radical (unpaired) electrons. The van der Waals surface area contributed by atoms with Crippen molar-refractivity contribution in [3.8, 4) is 0 Å². The Morgan fingerprint density at radius 3 is 2.43 bits per heavy atom. The second-order valence-corrected chi connectivity index (χ2v) is 9.26. The smallest absolute Gasteiger partial charge is 0.250 e. The summed E-state index contributed by atoms with van der Waals surface area (Å²) in [6.07, 6.45) is -0.859. The number of nitrogens with two attached hydrogens (primary N) is 1. The van der Waals surface area contributed by atoms with Gasteiger partial charge < -0.3 is 16.2 Å². The Labute approximate surface area is 174 Å². The Balaban J connectivity index is 1.80. The predicted molar refractivity (Wildman–Crippen MR) is 110 cm³/mol. The van der Waals surface area contributed by atoms with Crippen LogP contribution in [0.5, 0.6) is 0 Å². The van der Waals surface area contributed by atoms with Crippen molar-refractivity contribution in [3.63, 3.8) is 0 Å². The number of aliphatic hydroxyl groups excluding tert-OH is 1. The van der Waals surface area contributed by atoms with Crippen molar-refractivity contribution < 1.29 is 18.3 Å². The average molecular weight is 445 g/mol. The standard InChI is InChI=1S/C19H22Cl2N2O4S/c20-15-8-7-14(12-16(15)21)28(26,27)10-4-9-23-19(25)18(24)17(22)11-13-5-2-1-3-6-13/h1-3,5-8,12,17-18,24H,4,9-11,22H2,(H,23,25)/t17-,18+/m0/s1. The minimum Gasteiger partial charge on any atom is -0.382 e. The van der Waals surface area contributed by atoms with E-state index in [-0.39, 0.29) is 33.7 Å². The lowest BCUT2D eigenvalue weighted by Crippen LogP contribution is -2.47. The van der Waals surface area contributed by atoms with Crippen LogP contribution in [-0.2, 0) is 21.1 Å². The molecular weight excluding hydrogens is 423 g/mol. The second-order valence-electron chi connectivity index (χ2n) is 6.34. The zero-order valence-electron chi connectivity index (χ0n) is 15.0. The van der Waals surface area contributed by atoms with Crippen LogP contribution in [-0.4, -0.2) is 43.9 Å². The first-order valence-corrected chi connectivity index (χ1v) is 11.0. The summed E-state index contributed by atoms with van der Waals surface area (Å²) in [6, 6.07) is 12.6. The van der Waals surface area contributed by atoms with E-state index in [4.69, 9.17) is 28.9 Å². The van der Waals surface area contributed by atoms with E-state index in [1.54, 1.807) is 0 Å². The zero-order chi connectivity index (χ0) is 20.7. The van der Waals surface area contributed by atoms with Gasteiger partial charge in [-0.3, -0.25) is 4.79 Å². The number of nitrogens with one attached hydrogen (secondary N) is 1. The number of hydrogen-bond acceptors (Lipinski definition) is 5. The maximum atomic E-state index is 12.3. The van der Waals surface area contributed by atoms with Gasteiger partial charge in [0.2, 0.25) is 5.91 Å². The molecule has 152 valence electrons. The van der Waals surface area contributed by atoms with Crippen molar-refractivity contribution in [1.82, 2.24) is 5.32 Å². The van der Waals surface area contributed by atoms with E-state index in [0.29, 0.717) is 6.42 Å². The normalized spacial score (nSPS) is 13.7. The molecule has 9 heteroatoms. The van der Waals surface area contributed by atoms with Gasteiger partial charge in [0.1, 0.15) is 6.10 Å². The number of carbonyl (C=O) groups excluding carboxylic acids is 1. The van der Waals surface area contributed by atoms with Crippen LogP contribution in [0.2, 0.25) is 10.0 Å². The Kier molecular flexibility index (Phi) is 8.27. The molecule has 4 N–H and O–H groups in total. The summed E-state index contributed by atoms with van der Waals surface area (Å²) in [5.41, 5.74) is 6.81. The number of halogens is 2. The highest BCUT2D eigenvalue weighted by Crippen LogP contribution is 2.25. The third-order valence-electron chi connectivity index (χ3n) is 4.13. The molecule has 2 rings (SSSR count). The van der Waals surface area contributed by atoms with Gasteiger partial charge in [-0.15, -0.1) is 0 Å². The van der Waals surface area contributed by atoms with Crippen LogP contribution in [0.25, 0.3) is 0 Å². The van der Waals surface area contributed by atoms with Crippen molar-refractivity contribution in [2.75, 3.05) is 12.3 Å². The van der Waals surface area contributed by atoms with Gasteiger partial charge in [-0.25, -0.2) is 8.42 Å². The molecular formula is C19H22Cl2N2O4S. The van der Waals surface area contributed by atoms with Crippen molar-refractivity contribution in [2.24, 2.45) is 5.73 Å². The van der Waals surface area contributed by atoms with Crippen LogP contribution in [0.1, 0.15) is 12.0 Å². The Morgan fingerprint density at radius 2 is 1.79 bits per heavy atom. The molecule has 0 spiro atoms. The summed E-state index contributed by atoms with van der Waals surface area (Å²) < 4.78 is 24.6. The van der Waals surface area contributed by atoms with Crippen LogP contribution in [0.3, 0.4) is 0 Å². The van der Waals surface area contributed by atoms with Crippen molar-refractivity contribution in [2.45, 2.75) is 29.9 Å². The molecule has 6 nitrogen and oxygen atoms in total. The molecule has 0 aliphatic carbocycles. The number of aliphatic hydroxyl groups is 1. The molecule has 0 unspecified atom stereocenters. The molecule has 0 bridgehead atoms. The lowest BCUT2D eigenvalue weighted by Gasteiger charge is -2.18. The average Bonchev–Trinajstić information content (AvgIpc) is 2.67. The summed E-state index contributed by atoms with van der Waals surface area (Å²) >= 11 is 11.6. The van der Waals surface area contributed by atoms with Gasteiger partial charge >= 0.3 is 0 Å². The quantitative estimate of drug-likeness (QED) is 0.513. The summed E-state index contributed by atoms with van der Waals surface area (Å²) in [5.74, 6) is -0.812. The molecule has 2 atom stereocenters. The van der Waals surface area contributed by atoms with E-state index < -0.39 is 27.9 Å². The number of carbonyl (C=O) groups is 1. The molecule has 2 aromatic carbocycles. The molecule has 2 aromatic rings. The molecule has 0 aliphatic heterocycles. The van der Waals surface area contributed by atoms with E-state index in [1.807, 2.05) is 30.3 Å². The molecule has 0 heterocycles. The molecule has 1 amide bonds. The van der Waals surface area contributed by atoms with Crippen LogP contribution in [0, 0.1) is 0 Å². The van der Waals surface area contributed by atoms with Gasteiger partial charge in [0.25, 0.3) is 0 Å². The van der Waals surface area contributed by atoms with Gasteiger partial charge in [0.05, 0.1) is 20.7 Å². The van der Waals surface area contributed by atoms with E-state index in [1.165, 1.54) is 18.2 Å². The van der Waals surface area contributed by atoms with Crippen molar-refractivity contribution in [3.05, 3.63) is 64.1 Å². The highest BCUT2D eigenvalue weighted by molar-refractivity contribution is 7.91. The number of sulfone groups is 1. The lowest BCUT2D eigenvalue weighted by molar-refractivity contribution is -0.130. The number of amides is 1. The fourth-order valence-electron chi connectivity index (χ4n) is 2.56. The van der Waals surface area contributed by atoms with Crippen LogP contribution >= 0.6 is 23.2 Å². The van der Waals surface area contributed by atoms with Crippen LogP contribution < -0.4 is 11.1 Å². The largest absolute Gasteiger partial charge is 0.382 e. The minimum absolute atomic E-state index is 0.0677. The van der Waals surface area contributed by atoms with Gasteiger partial charge in [-0.1, -0.05) is 53.5 Å². The Hall–Kier alpha value is -1.64. The molecule has 0 aromatic heterocycles. The number of hydrogen-bond donors (Lipinski definition) is 3. The fourth-order valence-corrected chi connectivity index (χ4v) is 4.25. The molecule has 0 fully saturated rings. The van der Waals surface area contributed by atoms with Crippen LogP contribution in [0.15, 0.2) is 53.4 Å². The summed E-state index contributed by atoms with van der Waals surface area (Å²) in [6.45, 7) is 0.0918. The van der Waals surface area contributed by atoms with Crippen LogP contribution in [0.4, 0.5) is 0 Å². The van der Waals surface area contributed by atoms with E-state index in [2.05, 4.69) is 5.32 Å². The number of rotatable bonds is 9. The zero-order valence-corrected chi connectivity index (χ0v) is 17.3. The summed E-state index contributed by atoms with van der Waals surface area (Å²) in [5, 5.41) is 13.0. The molecule has 28 heavy (non-hydrogen) atoms. The Bertz CT molecular complexity index is 907. The summed E-state index contributed by atoms with van der Waals surface area (Å²) in [7, 11) is -3.56. The highest BCUT2D eigenvalue weighted by Gasteiger charge is 2.23. The fraction of sp³-hybridized carbons (Fsp3) is 0.316. The highest BCUT2D eigenvalue weighted by atomic mass is 35.5. The first-order chi connectivity index (χ1) is 13.2. The maximum Gasteiger partial charge on any atom is 0.250 e. The van der Waals surface area contributed by atoms with E-state index >= 15 is 0 Å². The van der Waals surface area contributed by atoms with Crippen molar-refractivity contribution >= 4 is 38.9 Å². The Morgan fingerprint density at radius 1 is 1.11 bits per heavy atom. The molecule has 0 saturated carbocycles. The third-order valence-corrected chi connectivity index (χ3v) is 6.66. The van der Waals surface area contributed by atoms with E-state index in [9.17, 15) is 18.3 Å². The minimum atomic E-state index is -3.56. The van der Waals surface area contributed by atoms with Gasteiger partial charge in [0, 0.05) is 12.6 Å². The first-order valence-electron chi connectivity index (χ1n) is 8.64. The number of benzene rings is 2. The predicted octanol–water partition coefficient (Wildman–Crippen LogP) is 2.20. The van der Waals surface area contributed by atoms with Crippen molar-refractivity contribution in [1.29, 1.82) is 0 Å². The first kappa shape index (κ1) is 22.6. The van der Waals surface area contributed by atoms with Gasteiger partial charge in [0.15, 0.2) is 9.84 Å². The molecule has 0 saturated heterocycles. The van der Waals surface area contributed by atoms with Gasteiger partial charge in [-0.2, -0.15) is 0 Å². The third kappa shape index (κ3) is 6.46. The topological polar surface area (TPSA) is 109 Å². The maximum absolute atomic E-state index is 12.3.